The van der Waals surface area contributed by atoms with Crippen molar-refractivity contribution in [2.45, 2.75) is 290 Å². The standard InChI is InChI=1S/C80H134NO8P/c1-6-8-10-12-14-16-18-20-22-24-26-28-30-32-34-36-38-39-40-41-43-45-47-49-51-53-55-57-59-61-63-65-67-69-71-73-80(83)89-78(77-88-90(84,85)87-75-74-81(3,4)5)76-86-79(82)72-70-68-66-64-62-60-58-56-54-52-50-48-46-44-42-37-35-33-31-29-27-25-23-21-19-17-15-13-11-9-7-2/h8-11,14-17,20-23,26-29,32-35,38-39,41,43,47,49,78H,6-7,12-13,18-19,24-25,30-31,36-37,40,42,44-46,48,50-77H2,1-5H3/b10-8-,11-9-,16-14-,17-15-,22-20-,23-21-,28-26-,29-27-,34-32-,35-33-,39-38-,43-41-,49-47-. The zero-order valence-electron chi connectivity index (χ0n) is 58.3. The number of unbranched alkanes of at least 4 members (excludes halogenated alkanes) is 25. The number of allylic oxidation sites excluding steroid dienone is 26. The van der Waals surface area contributed by atoms with Crippen LogP contribution in [0.2, 0.25) is 0 Å². The Bertz CT molecular complexity index is 2080. The highest BCUT2D eigenvalue weighted by molar-refractivity contribution is 7.45. The predicted molar refractivity (Wildman–Crippen MR) is 387 cm³/mol. The quantitative estimate of drug-likeness (QED) is 0.0195. The van der Waals surface area contributed by atoms with Crippen LogP contribution in [-0.4, -0.2) is 70.0 Å². The highest BCUT2D eigenvalue weighted by atomic mass is 31.2. The van der Waals surface area contributed by atoms with E-state index in [2.05, 4.69) is 172 Å². The molecule has 0 fully saturated rings. The molecule has 0 spiro atoms. The second-order valence-electron chi connectivity index (χ2n) is 24.8. The Morgan fingerprint density at radius 2 is 0.600 bits per heavy atom. The van der Waals surface area contributed by atoms with Gasteiger partial charge in [0.15, 0.2) is 6.10 Å². The van der Waals surface area contributed by atoms with Crippen LogP contribution >= 0.6 is 7.82 Å². The van der Waals surface area contributed by atoms with E-state index in [9.17, 15) is 19.0 Å². The minimum absolute atomic E-state index is 0.0384. The van der Waals surface area contributed by atoms with Crippen molar-refractivity contribution < 1.29 is 42.1 Å². The number of carbonyl (C=O) groups is 2. The van der Waals surface area contributed by atoms with Gasteiger partial charge in [0.05, 0.1) is 27.7 Å². The van der Waals surface area contributed by atoms with Crippen molar-refractivity contribution in [3.63, 3.8) is 0 Å². The Morgan fingerprint density at radius 1 is 0.344 bits per heavy atom. The summed E-state index contributed by atoms with van der Waals surface area (Å²) in [7, 11) is 1.15. The first-order chi connectivity index (χ1) is 44.0. The van der Waals surface area contributed by atoms with Gasteiger partial charge in [-0.25, -0.2) is 0 Å². The monoisotopic (exact) mass is 1270 g/mol. The molecule has 0 aromatic heterocycles. The molecular weight excluding hydrogens is 1130 g/mol. The van der Waals surface area contributed by atoms with Crippen LogP contribution in [0.15, 0.2) is 158 Å². The molecule has 2 unspecified atom stereocenters. The Kier molecular flexibility index (Phi) is 65.6. The third-order valence-electron chi connectivity index (χ3n) is 15.0. The van der Waals surface area contributed by atoms with Crippen molar-refractivity contribution >= 4 is 19.8 Å². The van der Waals surface area contributed by atoms with Gasteiger partial charge in [0, 0.05) is 12.8 Å². The summed E-state index contributed by atoms with van der Waals surface area (Å²) in [6, 6.07) is 0. The van der Waals surface area contributed by atoms with Crippen LogP contribution in [0, 0.1) is 0 Å². The largest absolute Gasteiger partial charge is 0.756 e. The third kappa shape index (κ3) is 72.7. The van der Waals surface area contributed by atoms with Gasteiger partial charge in [-0.05, 0) is 122 Å². The van der Waals surface area contributed by atoms with Gasteiger partial charge in [-0.15, -0.1) is 0 Å². The second kappa shape index (κ2) is 69.0. The van der Waals surface area contributed by atoms with E-state index in [-0.39, 0.29) is 32.0 Å². The molecule has 0 bridgehead atoms. The smallest absolute Gasteiger partial charge is 0.306 e. The molecule has 9 nitrogen and oxygen atoms in total. The van der Waals surface area contributed by atoms with Crippen LogP contribution in [-0.2, 0) is 32.7 Å². The van der Waals surface area contributed by atoms with E-state index in [1.807, 2.05) is 21.1 Å². The molecule has 0 aliphatic heterocycles. The fourth-order valence-electron chi connectivity index (χ4n) is 9.58. The minimum Gasteiger partial charge on any atom is -0.756 e. The molecule has 0 saturated carbocycles. The lowest BCUT2D eigenvalue weighted by Crippen LogP contribution is -2.37. The number of rotatable bonds is 65. The lowest BCUT2D eigenvalue weighted by Gasteiger charge is -2.28. The van der Waals surface area contributed by atoms with Crippen LogP contribution in [0.4, 0.5) is 0 Å². The summed E-state index contributed by atoms with van der Waals surface area (Å²) in [6.45, 7) is 4.01. The fourth-order valence-corrected chi connectivity index (χ4v) is 10.3. The number of carbonyl (C=O) groups excluding carboxylic acids is 2. The molecule has 0 rings (SSSR count). The normalized spacial score (nSPS) is 14.1. The van der Waals surface area contributed by atoms with Gasteiger partial charge >= 0.3 is 11.9 Å². The van der Waals surface area contributed by atoms with Crippen molar-refractivity contribution in [1.82, 2.24) is 0 Å². The molecule has 0 radical (unpaired) electrons. The summed E-state index contributed by atoms with van der Waals surface area (Å²) in [5.41, 5.74) is 0. The zero-order valence-corrected chi connectivity index (χ0v) is 59.2. The van der Waals surface area contributed by atoms with E-state index in [0.29, 0.717) is 17.4 Å². The van der Waals surface area contributed by atoms with Gasteiger partial charge in [-0.3, -0.25) is 14.2 Å². The summed E-state index contributed by atoms with van der Waals surface area (Å²) in [5, 5.41) is 0. The molecule has 0 saturated heterocycles. The van der Waals surface area contributed by atoms with Gasteiger partial charge in [0.1, 0.15) is 19.8 Å². The average molecular weight is 1270 g/mol. The maximum atomic E-state index is 12.9. The van der Waals surface area contributed by atoms with Crippen LogP contribution in [0.3, 0.4) is 0 Å². The van der Waals surface area contributed by atoms with E-state index in [4.69, 9.17) is 18.5 Å². The zero-order chi connectivity index (χ0) is 65.5. The number of quaternary nitrogens is 1. The lowest BCUT2D eigenvalue weighted by molar-refractivity contribution is -0.870. The summed E-state index contributed by atoms with van der Waals surface area (Å²) in [4.78, 5) is 38.1. The number of esters is 2. The van der Waals surface area contributed by atoms with Crippen molar-refractivity contribution in [2.75, 3.05) is 47.5 Å². The van der Waals surface area contributed by atoms with Crippen molar-refractivity contribution in [3.8, 4) is 0 Å². The number of likely N-dealkylation sites (N-methyl/N-ethyl adjacent to an activating group) is 1. The third-order valence-corrected chi connectivity index (χ3v) is 16.0. The van der Waals surface area contributed by atoms with Gasteiger partial charge in [0.25, 0.3) is 7.82 Å². The summed E-state index contributed by atoms with van der Waals surface area (Å²) < 4.78 is 34.3. The highest BCUT2D eigenvalue weighted by Crippen LogP contribution is 2.38. The highest BCUT2D eigenvalue weighted by Gasteiger charge is 2.22. The number of nitrogens with zero attached hydrogens (tertiary/aromatic N) is 1. The second-order valence-corrected chi connectivity index (χ2v) is 26.2. The van der Waals surface area contributed by atoms with E-state index >= 15 is 0 Å². The maximum absolute atomic E-state index is 12.9. The molecule has 0 N–H and O–H groups in total. The molecule has 512 valence electrons. The Morgan fingerprint density at radius 3 is 0.889 bits per heavy atom. The first kappa shape index (κ1) is 85.6. The van der Waals surface area contributed by atoms with Crippen LogP contribution < -0.4 is 4.89 Å². The number of hydrogen-bond acceptors (Lipinski definition) is 8. The molecule has 90 heavy (non-hydrogen) atoms. The summed E-state index contributed by atoms with van der Waals surface area (Å²) in [5.74, 6) is -0.841. The number of phosphoric acid groups is 1. The van der Waals surface area contributed by atoms with Crippen molar-refractivity contribution in [1.29, 1.82) is 0 Å². The molecule has 10 heteroatoms. The average Bonchev–Trinajstić information content (AvgIpc) is 3.61. The number of hydrogen-bond donors (Lipinski definition) is 0. The molecule has 0 aliphatic rings. The van der Waals surface area contributed by atoms with Crippen LogP contribution in [0.25, 0.3) is 0 Å². The molecule has 0 aliphatic carbocycles. The molecule has 0 heterocycles. The number of phosphoric ester groups is 1. The molecule has 2 atom stereocenters. The first-order valence-electron chi connectivity index (χ1n) is 36.2. The van der Waals surface area contributed by atoms with E-state index in [1.54, 1.807) is 0 Å². The summed E-state index contributed by atoms with van der Waals surface area (Å²) >= 11 is 0. The SMILES string of the molecule is CC/C=C\C/C=C\C/C=C\C/C=C\C/C=C\C/C=C\C/C=C\C/C=C\CCCCCCCCCCCCC(=O)OC(COC(=O)CCCCCCCCCCCCCCCCC/C=C\C/C=C\C/C=C\C/C=C\C/C=C\CC)COP(=O)([O-])OCC[N+](C)(C)C. The van der Waals surface area contributed by atoms with Gasteiger partial charge in [0.2, 0.25) is 0 Å². The van der Waals surface area contributed by atoms with Crippen LogP contribution in [0.5, 0.6) is 0 Å². The van der Waals surface area contributed by atoms with Gasteiger partial charge in [-0.1, -0.05) is 307 Å². The molecular formula is C80H134NO8P. The van der Waals surface area contributed by atoms with Crippen molar-refractivity contribution in [3.05, 3.63) is 158 Å². The number of ether oxygens (including phenoxy) is 2. The van der Waals surface area contributed by atoms with E-state index < -0.39 is 26.5 Å². The maximum Gasteiger partial charge on any atom is 0.306 e. The van der Waals surface area contributed by atoms with Gasteiger partial charge < -0.3 is 27.9 Å². The van der Waals surface area contributed by atoms with E-state index in [0.717, 1.165) is 128 Å². The van der Waals surface area contributed by atoms with Gasteiger partial charge in [-0.2, -0.15) is 0 Å². The molecule has 0 aromatic rings. The van der Waals surface area contributed by atoms with Crippen LogP contribution in [0.1, 0.15) is 284 Å². The molecule has 0 aromatic carbocycles. The lowest BCUT2D eigenvalue weighted by atomic mass is 10.0. The minimum atomic E-state index is -4.65. The fraction of sp³-hybridized carbons (Fsp3) is 0.650. The Hall–Kier alpha value is -4.37. The van der Waals surface area contributed by atoms with E-state index in [1.165, 1.54) is 122 Å². The Labute approximate surface area is 554 Å². The first-order valence-corrected chi connectivity index (χ1v) is 37.7. The molecule has 0 amide bonds. The topological polar surface area (TPSA) is 111 Å². The summed E-state index contributed by atoms with van der Waals surface area (Å²) in [6.07, 6.45) is 103. The predicted octanol–water partition coefficient (Wildman–Crippen LogP) is 23.3. The Balaban J connectivity index is 4.09. The van der Waals surface area contributed by atoms with Crippen molar-refractivity contribution in [2.24, 2.45) is 0 Å².